The van der Waals surface area contributed by atoms with E-state index >= 15 is 0 Å². The van der Waals surface area contributed by atoms with Crippen LogP contribution < -0.4 is 5.73 Å². The number of anilines is 1. The molecule has 0 spiro atoms. The summed E-state index contributed by atoms with van der Waals surface area (Å²) in [5.41, 5.74) is 6.41. The standard InChI is InChI=1S/C8H7N3O2/c9-6-4-11-2-1-10-7(11)3-5(6)8(12)13/h1-4H,9H2,(H,12,13). The molecule has 0 bridgehead atoms. The van der Waals surface area contributed by atoms with Gasteiger partial charge in [0, 0.05) is 18.6 Å². The number of carbonyl (C=O) groups is 1. The van der Waals surface area contributed by atoms with Crippen LogP contribution in [-0.2, 0) is 0 Å². The Morgan fingerprint density at radius 1 is 1.62 bits per heavy atom. The Hall–Kier alpha value is -2.04. The van der Waals surface area contributed by atoms with Crippen LogP contribution in [0.15, 0.2) is 24.7 Å². The highest BCUT2D eigenvalue weighted by Gasteiger charge is 2.09. The molecule has 0 aliphatic carbocycles. The van der Waals surface area contributed by atoms with E-state index in [2.05, 4.69) is 4.98 Å². The summed E-state index contributed by atoms with van der Waals surface area (Å²) in [6, 6.07) is 1.44. The summed E-state index contributed by atoms with van der Waals surface area (Å²) in [7, 11) is 0. The Morgan fingerprint density at radius 3 is 3.08 bits per heavy atom. The van der Waals surface area contributed by atoms with Crippen molar-refractivity contribution in [1.29, 1.82) is 0 Å². The molecule has 0 saturated carbocycles. The number of pyridine rings is 1. The third-order valence-corrected chi connectivity index (χ3v) is 1.79. The van der Waals surface area contributed by atoms with Crippen molar-refractivity contribution in [2.45, 2.75) is 0 Å². The molecule has 0 atom stereocenters. The van der Waals surface area contributed by atoms with Crippen molar-refractivity contribution in [3.8, 4) is 0 Å². The number of hydrogen-bond acceptors (Lipinski definition) is 3. The third-order valence-electron chi connectivity index (χ3n) is 1.79. The number of nitrogen functional groups attached to an aromatic ring is 1. The van der Waals surface area contributed by atoms with E-state index in [0.717, 1.165) is 0 Å². The second-order valence-electron chi connectivity index (χ2n) is 2.64. The lowest BCUT2D eigenvalue weighted by atomic mass is 10.2. The average Bonchev–Trinajstić information content (AvgIpc) is 2.48. The highest BCUT2D eigenvalue weighted by Crippen LogP contribution is 2.13. The van der Waals surface area contributed by atoms with Gasteiger partial charge in [0.05, 0.1) is 11.3 Å². The van der Waals surface area contributed by atoms with E-state index in [9.17, 15) is 4.79 Å². The molecule has 0 fully saturated rings. The summed E-state index contributed by atoms with van der Waals surface area (Å²) in [6.07, 6.45) is 4.82. The monoisotopic (exact) mass is 177 g/mol. The number of carboxylic acid groups (broad SMARTS) is 1. The van der Waals surface area contributed by atoms with Crippen molar-refractivity contribution in [2.24, 2.45) is 0 Å². The molecule has 2 aromatic rings. The predicted molar refractivity (Wildman–Crippen MR) is 46.6 cm³/mol. The maximum absolute atomic E-state index is 10.7. The number of aromatic nitrogens is 2. The van der Waals surface area contributed by atoms with Crippen molar-refractivity contribution < 1.29 is 9.90 Å². The first-order chi connectivity index (χ1) is 6.18. The fraction of sp³-hybridized carbons (Fsp3) is 0. The molecule has 13 heavy (non-hydrogen) atoms. The van der Waals surface area contributed by atoms with E-state index in [0.29, 0.717) is 5.65 Å². The summed E-state index contributed by atoms with van der Waals surface area (Å²) in [4.78, 5) is 14.6. The van der Waals surface area contributed by atoms with Crippen molar-refractivity contribution in [3.63, 3.8) is 0 Å². The number of rotatable bonds is 1. The van der Waals surface area contributed by atoms with Crippen molar-refractivity contribution in [3.05, 3.63) is 30.2 Å². The van der Waals surface area contributed by atoms with Gasteiger partial charge in [0.25, 0.3) is 0 Å². The Kier molecular flexibility index (Phi) is 1.45. The van der Waals surface area contributed by atoms with E-state index in [1.165, 1.54) is 12.3 Å². The first kappa shape index (κ1) is 7.60. The van der Waals surface area contributed by atoms with Gasteiger partial charge < -0.3 is 15.2 Å². The fourth-order valence-corrected chi connectivity index (χ4v) is 1.16. The topological polar surface area (TPSA) is 80.6 Å². The first-order valence-electron chi connectivity index (χ1n) is 3.64. The molecule has 2 heterocycles. The number of carboxylic acids is 1. The van der Waals surface area contributed by atoms with Crippen LogP contribution in [0.1, 0.15) is 10.4 Å². The largest absolute Gasteiger partial charge is 0.478 e. The van der Waals surface area contributed by atoms with Crippen LogP contribution in [0, 0.1) is 0 Å². The normalized spacial score (nSPS) is 10.5. The van der Waals surface area contributed by atoms with E-state index in [1.807, 2.05) is 0 Å². The molecular formula is C8H7N3O2. The second kappa shape index (κ2) is 2.48. The minimum Gasteiger partial charge on any atom is -0.478 e. The van der Waals surface area contributed by atoms with Gasteiger partial charge >= 0.3 is 5.97 Å². The zero-order valence-electron chi connectivity index (χ0n) is 6.64. The van der Waals surface area contributed by atoms with Gasteiger partial charge in [-0.05, 0) is 6.07 Å². The Bertz CT molecular complexity index is 475. The SMILES string of the molecule is Nc1cn2ccnc2cc1C(=O)O. The molecule has 2 aromatic heterocycles. The minimum atomic E-state index is -1.04. The van der Waals surface area contributed by atoms with Crippen LogP contribution in [0.25, 0.3) is 5.65 Å². The smallest absolute Gasteiger partial charge is 0.337 e. The highest BCUT2D eigenvalue weighted by atomic mass is 16.4. The summed E-state index contributed by atoms with van der Waals surface area (Å²) >= 11 is 0. The Balaban J connectivity index is 2.76. The summed E-state index contributed by atoms with van der Waals surface area (Å²) in [5, 5.41) is 8.75. The lowest BCUT2D eigenvalue weighted by Crippen LogP contribution is -2.03. The lowest BCUT2D eigenvalue weighted by molar-refractivity contribution is 0.0698. The zero-order valence-corrected chi connectivity index (χ0v) is 6.64. The van der Waals surface area contributed by atoms with Crippen molar-refractivity contribution in [1.82, 2.24) is 9.38 Å². The van der Waals surface area contributed by atoms with Gasteiger partial charge in [0.15, 0.2) is 0 Å². The molecule has 5 heteroatoms. The molecule has 0 amide bonds. The summed E-state index contributed by atoms with van der Waals surface area (Å²) in [6.45, 7) is 0. The van der Waals surface area contributed by atoms with Gasteiger partial charge in [0.2, 0.25) is 0 Å². The van der Waals surface area contributed by atoms with E-state index in [-0.39, 0.29) is 11.3 Å². The Labute approximate surface area is 73.4 Å². The van der Waals surface area contributed by atoms with Gasteiger partial charge in [-0.2, -0.15) is 0 Å². The average molecular weight is 177 g/mol. The first-order valence-corrected chi connectivity index (χ1v) is 3.64. The van der Waals surface area contributed by atoms with Crippen LogP contribution in [0.4, 0.5) is 5.69 Å². The highest BCUT2D eigenvalue weighted by molar-refractivity contribution is 5.94. The van der Waals surface area contributed by atoms with Crippen LogP contribution in [0.3, 0.4) is 0 Å². The van der Waals surface area contributed by atoms with Crippen molar-refractivity contribution in [2.75, 3.05) is 5.73 Å². The fourth-order valence-electron chi connectivity index (χ4n) is 1.16. The molecule has 0 radical (unpaired) electrons. The molecule has 66 valence electrons. The maximum Gasteiger partial charge on any atom is 0.337 e. The lowest BCUT2D eigenvalue weighted by Gasteiger charge is -2.00. The molecule has 0 saturated heterocycles. The molecule has 0 aliphatic rings. The molecule has 2 rings (SSSR count). The number of hydrogen-bond donors (Lipinski definition) is 2. The zero-order chi connectivity index (χ0) is 9.42. The maximum atomic E-state index is 10.7. The van der Waals surface area contributed by atoms with Crippen LogP contribution in [0.5, 0.6) is 0 Å². The van der Waals surface area contributed by atoms with E-state index < -0.39 is 5.97 Å². The van der Waals surface area contributed by atoms with Crippen LogP contribution in [0.2, 0.25) is 0 Å². The molecule has 5 nitrogen and oxygen atoms in total. The molecule has 0 unspecified atom stereocenters. The van der Waals surface area contributed by atoms with Crippen molar-refractivity contribution >= 4 is 17.3 Å². The van der Waals surface area contributed by atoms with Gasteiger partial charge in [-0.3, -0.25) is 0 Å². The molecule has 3 N–H and O–H groups in total. The third kappa shape index (κ3) is 1.10. The number of nitrogens with two attached hydrogens (primary N) is 1. The number of aromatic carboxylic acids is 1. The predicted octanol–water partition coefficient (Wildman–Crippen LogP) is 0.615. The van der Waals surface area contributed by atoms with Gasteiger partial charge in [0.1, 0.15) is 5.65 Å². The molecular weight excluding hydrogens is 170 g/mol. The second-order valence-corrected chi connectivity index (χ2v) is 2.64. The number of nitrogens with zero attached hydrogens (tertiary/aromatic N) is 2. The summed E-state index contributed by atoms with van der Waals surface area (Å²) in [5.74, 6) is -1.04. The molecule has 0 aromatic carbocycles. The van der Waals surface area contributed by atoms with Crippen LogP contribution in [-0.4, -0.2) is 20.5 Å². The van der Waals surface area contributed by atoms with E-state index in [4.69, 9.17) is 10.8 Å². The number of imidazole rings is 1. The quantitative estimate of drug-likeness (QED) is 0.668. The number of fused-ring (bicyclic) bond motifs is 1. The van der Waals surface area contributed by atoms with Gasteiger partial charge in [-0.15, -0.1) is 0 Å². The molecule has 0 aliphatic heterocycles. The summed E-state index contributed by atoms with van der Waals surface area (Å²) < 4.78 is 1.67. The van der Waals surface area contributed by atoms with Crippen LogP contribution >= 0.6 is 0 Å². The minimum absolute atomic E-state index is 0.0821. The van der Waals surface area contributed by atoms with E-state index in [1.54, 1.807) is 16.8 Å². The van der Waals surface area contributed by atoms with Gasteiger partial charge in [-0.25, -0.2) is 9.78 Å². The van der Waals surface area contributed by atoms with Gasteiger partial charge in [-0.1, -0.05) is 0 Å². The Morgan fingerprint density at radius 2 is 2.38 bits per heavy atom.